The van der Waals surface area contributed by atoms with Crippen molar-refractivity contribution in [1.29, 1.82) is 5.26 Å². The monoisotopic (exact) mass is 271 g/mol. The average Bonchev–Trinajstić information content (AvgIpc) is 2.45. The van der Waals surface area contributed by atoms with Crippen LogP contribution >= 0.6 is 11.6 Å². The quantitative estimate of drug-likeness (QED) is 0.933. The highest BCUT2D eigenvalue weighted by Crippen LogP contribution is 2.13. The maximum atomic E-state index is 12.0. The predicted molar refractivity (Wildman–Crippen MR) is 71.5 cm³/mol. The SMILES string of the molecule is N#CC(NC(=O)c1cc(Cl)ccn1)c1ccccc1. The first-order chi connectivity index (χ1) is 9.20. The topological polar surface area (TPSA) is 65.8 Å². The van der Waals surface area contributed by atoms with Gasteiger partial charge in [-0.3, -0.25) is 9.78 Å². The molecular weight excluding hydrogens is 262 g/mol. The number of benzene rings is 1. The summed E-state index contributed by atoms with van der Waals surface area (Å²) in [7, 11) is 0. The molecule has 0 radical (unpaired) electrons. The zero-order valence-corrected chi connectivity index (χ0v) is 10.6. The number of nitrogens with one attached hydrogen (secondary N) is 1. The van der Waals surface area contributed by atoms with Crippen molar-refractivity contribution >= 4 is 17.5 Å². The molecule has 0 aliphatic heterocycles. The van der Waals surface area contributed by atoms with Gasteiger partial charge in [0.05, 0.1) is 6.07 Å². The van der Waals surface area contributed by atoms with E-state index in [1.165, 1.54) is 12.3 Å². The Morgan fingerprint density at radius 2 is 2.05 bits per heavy atom. The molecule has 5 heteroatoms. The second-order valence-corrected chi connectivity index (χ2v) is 4.24. The van der Waals surface area contributed by atoms with Crippen LogP contribution in [0.3, 0.4) is 0 Å². The van der Waals surface area contributed by atoms with E-state index < -0.39 is 11.9 Å². The fourth-order valence-electron chi connectivity index (χ4n) is 1.57. The summed E-state index contributed by atoms with van der Waals surface area (Å²) in [5.41, 5.74) is 0.907. The Morgan fingerprint density at radius 3 is 2.68 bits per heavy atom. The minimum atomic E-state index is -0.713. The van der Waals surface area contributed by atoms with Gasteiger partial charge >= 0.3 is 0 Å². The minimum absolute atomic E-state index is 0.184. The largest absolute Gasteiger partial charge is 0.331 e. The summed E-state index contributed by atoms with van der Waals surface area (Å²) in [5, 5.41) is 12.1. The lowest BCUT2D eigenvalue weighted by Gasteiger charge is -2.11. The predicted octanol–water partition coefficient (Wildman–Crippen LogP) is 2.73. The highest BCUT2D eigenvalue weighted by atomic mass is 35.5. The summed E-state index contributed by atoms with van der Waals surface area (Å²) in [4.78, 5) is 15.9. The van der Waals surface area contributed by atoms with E-state index in [4.69, 9.17) is 16.9 Å². The second-order valence-electron chi connectivity index (χ2n) is 3.81. The number of amides is 1. The van der Waals surface area contributed by atoms with Crippen molar-refractivity contribution in [2.75, 3.05) is 0 Å². The number of carbonyl (C=O) groups excluding carboxylic acids is 1. The normalized spacial score (nSPS) is 11.4. The number of nitriles is 1. The van der Waals surface area contributed by atoms with Gasteiger partial charge in [-0.05, 0) is 17.7 Å². The van der Waals surface area contributed by atoms with Crippen LogP contribution in [0.4, 0.5) is 0 Å². The zero-order chi connectivity index (χ0) is 13.7. The van der Waals surface area contributed by atoms with Crippen LogP contribution in [0, 0.1) is 11.3 Å². The number of hydrogen-bond donors (Lipinski definition) is 1. The Hall–Kier alpha value is -2.38. The molecule has 0 saturated heterocycles. The lowest BCUT2D eigenvalue weighted by atomic mass is 10.1. The third kappa shape index (κ3) is 3.30. The molecule has 0 aliphatic carbocycles. The standard InChI is InChI=1S/C14H10ClN3O/c15-11-6-7-17-12(8-11)14(19)18-13(9-16)10-4-2-1-3-5-10/h1-8,13H,(H,18,19). The summed E-state index contributed by atoms with van der Waals surface area (Å²) in [5.74, 6) is -0.432. The highest BCUT2D eigenvalue weighted by Gasteiger charge is 2.15. The maximum Gasteiger partial charge on any atom is 0.271 e. The molecule has 0 bridgehead atoms. The number of nitrogens with zero attached hydrogens (tertiary/aromatic N) is 2. The van der Waals surface area contributed by atoms with Crippen LogP contribution < -0.4 is 5.32 Å². The van der Waals surface area contributed by atoms with Crippen LogP contribution in [-0.2, 0) is 0 Å². The molecule has 1 atom stereocenters. The molecule has 1 heterocycles. The maximum absolute atomic E-state index is 12.0. The van der Waals surface area contributed by atoms with Crippen molar-refractivity contribution in [3.63, 3.8) is 0 Å². The van der Waals surface area contributed by atoms with E-state index in [1.807, 2.05) is 24.3 Å². The third-order valence-corrected chi connectivity index (χ3v) is 2.73. The van der Waals surface area contributed by atoms with E-state index in [9.17, 15) is 4.79 Å². The third-order valence-electron chi connectivity index (χ3n) is 2.49. The lowest BCUT2D eigenvalue weighted by Crippen LogP contribution is -2.28. The molecule has 19 heavy (non-hydrogen) atoms. The van der Waals surface area contributed by atoms with Crippen LogP contribution in [0.2, 0.25) is 5.02 Å². The molecule has 4 nitrogen and oxygen atoms in total. The number of pyridine rings is 1. The van der Waals surface area contributed by atoms with Gasteiger partial charge in [0.2, 0.25) is 0 Å². The Balaban J connectivity index is 2.16. The summed E-state index contributed by atoms with van der Waals surface area (Å²) < 4.78 is 0. The van der Waals surface area contributed by atoms with Crippen molar-refractivity contribution in [3.8, 4) is 6.07 Å². The molecular formula is C14H10ClN3O. The first-order valence-electron chi connectivity index (χ1n) is 5.57. The van der Waals surface area contributed by atoms with Gasteiger partial charge in [-0.1, -0.05) is 41.9 Å². The first kappa shape index (κ1) is 13.1. The van der Waals surface area contributed by atoms with Crippen molar-refractivity contribution < 1.29 is 4.79 Å². The average molecular weight is 272 g/mol. The molecule has 1 aromatic heterocycles. The van der Waals surface area contributed by atoms with Gasteiger partial charge in [0.1, 0.15) is 11.7 Å². The van der Waals surface area contributed by atoms with Crippen molar-refractivity contribution in [1.82, 2.24) is 10.3 Å². The number of aromatic nitrogens is 1. The molecule has 1 aromatic carbocycles. The fraction of sp³-hybridized carbons (Fsp3) is 0.0714. The second kappa shape index (κ2) is 5.98. The summed E-state index contributed by atoms with van der Waals surface area (Å²) in [6, 6.07) is 13.4. The molecule has 2 rings (SSSR count). The fourth-order valence-corrected chi connectivity index (χ4v) is 1.73. The summed E-state index contributed by atoms with van der Waals surface area (Å²) >= 11 is 5.79. The van der Waals surface area contributed by atoms with Crippen LogP contribution in [0.1, 0.15) is 22.1 Å². The van der Waals surface area contributed by atoms with Gasteiger partial charge in [-0.15, -0.1) is 0 Å². The molecule has 0 saturated carbocycles. The molecule has 1 unspecified atom stereocenters. The van der Waals surface area contributed by atoms with Gasteiger partial charge in [-0.25, -0.2) is 0 Å². The Bertz CT molecular complexity index is 622. The molecule has 1 amide bonds. The molecule has 0 fully saturated rings. The number of rotatable bonds is 3. The summed E-state index contributed by atoms with van der Waals surface area (Å²) in [6.45, 7) is 0. The van der Waals surface area contributed by atoms with Crippen molar-refractivity contribution in [2.24, 2.45) is 0 Å². The van der Waals surface area contributed by atoms with E-state index in [1.54, 1.807) is 18.2 Å². The van der Waals surface area contributed by atoms with Crippen molar-refractivity contribution in [3.05, 3.63) is 64.9 Å². The smallest absolute Gasteiger partial charge is 0.271 e. The molecule has 0 aliphatic rings. The zero-order valence-electron chi connectivity index (χ0n) is 9.88. The van der Waals surface area contributed by atoms with E-state index in [0.717, 1.165) is 5.56 Å². The molecule has 1 N–H and O–H groups in total. The van der Waals surface area contributed by atoms with Crippen LogP contribution in [0.15, 0.2) is 48.7 Å². The van der Waals surface area contributed by atoms with Crippen molar-refractivity contribution in [2.45, 2.75) is 6.04 Å². The van der Waals surface area contributed by atoms with Gasteiger partial charge in [0.15, 0.2) is 0 Å². The first-order valence-corrected chi connectivity index (χ1v) is 5.95. The molecule has 0 spiro atoms. The van der Waals surface area contributed by atoms with Gasteiger partial charge < -0.3 is 5.32 Å². The Morgan fingerprint density at radius 1 is 1.32 bits per heavy atom. The Labute approximate surface area is 115 Å². The number of halogens is 1. The van der Waals surface area contributed by atoms with Crippen LogP contribution in [0.25, 0.3) is 0 Å². The van der Waals surface area contributed by atoms with E-state index >= 15 is 0 Å². The minimum Gasteiger partial charge on any atom is -0.331 e. The summed E-state index contributed by atoms with van der Waals surface area (Å²) in [6.07, 6.45) is 1.45. The van der Waals surface area contributed by atoms with E-state index in [0.29, 0.717) is 5.02 Å². The molecule has 94 valence electrons. The van der Waals surface area contributed by atoms with Crippen LogP contribution in [0.5, 0.6) is 0 Å². The highest BCUT2D eigenvalue weighted by molar-refractivity contribution is 6.30. The Kier molecular flexibility index (Phi) is 4.11. The van der Waals surface area contributed by atoms with Gasteiger partial charge in [-0.2, -0.15) is 5.26 Å². The van der Waals surface area contributed by atoms with E-state index in [-0.39, 0.29) is 5.69 Å². The number of carbonyl (C=O) groups is 1. The van der Waals surface area contributed by atoms with Crippen LogP contribution in [-0.4, -0.2) is 10.9 Å². The van der Waals surface area contributed by atoms with E-state index in [2.05, 4.69) is 10.3 Å². The lowest BCUT2D eigenvalue weighted by molar-refractivity contribution is 0.0940. The molecule has 2 aromatic rings. The number of hydrogen-bond acceptors (Lipinski definition) is 3. The van der Waals surface area contributed by atoms with Gasteiger partial charge in [0, 0.05) is 11.2 Å². The van der Waals surface area contributed by atoms with Gasteiger partial charge in [0.25, 0.3) is 5.91 Å².